The first-order chi connectivity index (χ1) is 9.13. The number of carbonyl (C=O) groups excluding carboxylic acids is 2. The van der Waals surface area contributed by atoms with Gasteiger partial charge in [0.15, 0.2) is 0 Å². The van der Waals surface area contributed by atoms with E-state index in [2.05, 4.69) is 17.9 Å². The SMILES string of the molecule is CNC(=O)Cc1cccc(N2CC(CS)CC2=O)c1. The summed E-state index contributed by atoms with van der Waals surface area (Å²) in [6.07, 6.45) is 0.894. The van der Waals surface area contributed by atoms with Crippen molar-refractivity contribution in [3.8, 4) is 0 Å². The number of likely N-dealkylation sites (N-methyl/N-ethyl adjacent to an activating group) is 1. The first-order valence-electron chi connectivity index (χ1n) is 6.34. The van der Waals surface area contributed by atoms with Crippen LogP contribution in [-0.2, 0) is 16.0 Å². The standard InChI is InChI=1S/C14H18N2O2S/c1-15-13(17)6-10-3-2-4-12(5-10)16-8-11(9-19)7-14(16)18/h2-5,11,19H,6-9H2,1H3,(H,15,17). The summed E-state index contributed by atoms with van der Waals surface area (Å²) in [7, 11) is 1.62. The van der Waals surface area contributed by atoms with Crippen molar-refractivity contribution >= 4 is 30.1 Å². The van der Waals surface area contributed by atoms with Crippen LogP contribution in [0.25, 0.3) is 0 Å². The van der Waals surface area contributed by atoms with Gasteiger partial charge in [-0.3, -0.25) is 9.59 Å². The highest BCUT2D eigenvalue weighted by Gasteiger charge is 2.29. The van der Waals surface area contributed by atoms with E-state index < -0.39 is 0 Å². The van der Waals surface area contributed by atoms with E-state index in [1.807, 2.05) is 24.3 Å². The molecule has 2 rings (SSSR count). The second-order valence-electron chi connectivity index (χ2n) is 4.78. The van der Waals surface area contributed by atoms with Crippen molar-refractivity contribution in [3.05, 3.63) is 29.8 Å². The Bertz CT molecular complexity index is 490. The molecule has 0 radical (unpaired) electrons. The summed E-state index contributed by atoms with van der Waals surface area (Å²) in [5.74, 6) is 1.15. The fraction of sp³-hybridized carbons (Fsp3) is 0.429. The molecule has 1 aliphatic rings. The first-order valence-corrected chi connectivity index (χ1v) is 6.98. The third kappa shape index (κ3) is 3.29. The number of nitrogens with zero attached hydrogens (tertiary/aromatic N) is 1. The average molecular weight is 278 g/mol. The van der Waals surface area contributed by atoms with Crippen molar-refractivity contribution in [1.82, 2.24) is 5.32 Å². The first kappa shape index (κ1) is 13.9. The summed E-state index contributed by atoms with van der Waals surface area (Å²) in [6.45, 7) is 0.714. The molecular weight excluding hydrogens is 260 g/mol. The minimum absolute atomic E-state index is 0.0295. The topological polar surface area (TPSA) is 49.4 Å². The highest BCUT2D eigenvalue weighted by atomic mass is 32.1. The number of hydrogen-bond acceptors (Lipinski definition) is 3. The van der Waals surface area contributed by atoms with Crippen LogP contribution in [0.15, 0.2) is 24.3 Å². The minimum Gasteiger partial charge on any atom is -0.359 e. The van der Waals surface area contributed by atoms with E-state index in [0.29, 0.717) is 25.3 Å². The fourth-order valence-electron chi connectivity index (χ4n) is 2.26. The minimum atomic E-state index is -0.0295. The fourth-order valence-corrected chi connectivity index (χ4v) is 2.51. The molecule has 1 heterocycles. The monoisotopic (exact) mass is 278 g/mol. The van der Waals surface area contributed by atoms with E-state index >= 15 is 0 Å². The van der Waals surface area contributed by atoms with Crippen LogP contribution in [0, 0.1) is 5.92 Å². The van der Waals surface area contributed by atoms with Gasteiger partial charge in [-0.15, -0.1) is 0 Å². The molecule has 1 atom stereocenters. The molecule has 0 bridgehead atoms. The molecule has 1 aromatic rings. The summed E-state index contributed by atoms with van der Waals surface area (Å²) >= 11 is 4.26. The number of rotatable bonds is 4. The predicted octanol–water partition coefficient (Wildman–Crippen LogP) is 1.26. The Morgan fingerprint density at radius 1 is 1.53 bits per heavy atom. The van der Waals surface area contributed by atoms with Crippen molar-refractivity contribution < 1.29 is 9.59 Å². The Morgan fingerprint density at radius 3 is 2.95 bits per heavy atom. The summed E-state index contributed by atoms with van der Waals surface area (Å²) in [4.78, 5) is 25.1. The lowest BCUT2D eigenvalue weighted by Crippen LogP contribution is -2.25. The van der Waals surface area contributed by atoms with Crippen molar-refractivity contribution in [2.45, 2.75) is 12.8 Å². The Kier molecular flexibility index (Phi) is 4.47. The lowest BCUT2D eigenvalue weighted by Gasteiger charge is -2.17. The largest absolute Gasteiger partial charge is 0.359 e. The molecular formula is C14H18N2O2S. The molecule has 5 heteroatoms. The molecule has 102 valence electrons. The number of benzene rings is 1. The molecule has 0 aromatic heterocycles. The molecule has 1 aliphatic heterocycles. The van der Waals surface area contributed by atoms with Crippen LogP contribution in [0.1, 0.15) is 12.0 Å². The predicted molar refractivity (Wildman–Crippen MR) is 78.5 cm³/mol. The zero-order chi connectivity index (χ0) is 13.8. The Labute approximate surface area is 118 Å². The molecule has 1 fully saturated rings. The lowest BCUT2D eigenvalue weighted by molar-refractivity contribution is -0.120. The van der Waals surface area contributed by atoms with E-state index in [1.54, 1.807) is 11.9 Å². The third-order valence-electron chi connectivity index (χ3n) is 3.33. The number of carbonyl (C=O) groups is 2. The van der Waals surface area contributed by atoms with Crippen LogP contribution < -0.4 is 10.2 Å². The smallest absolute Gasteiger partial charge is 0.227 e. The molecule has 0 spiro atoms. The van der Waals surface area contributed by atoms with Crippen LogP contribution in [-0.4, -0.2) is 31.2 Å². The second kappa shape index (κ2) is 6.10. The quantitative estimate of drug-likeness (QED) is 0.815. The van der Waals surface area contributed by atoms with E-state index in [0.717, 1.165) is 17.0 Å². The van der Waals surface area contributed by atoms with E-state index in [-0.39, 0.29) is 11.8 Å². The molecule has 0 aliphatic carbocycles. The van der Waals surface area contributed by atoms with Gasteiger partial charge < -0.3 is 10.2 Å². The Hall–Kier alpha value is -1.49. The zero-order valence-electron chi connectivity index (χ0n) is 10.9. The van der Waals surface area contributed by atoms with Crippen LogP contribution in [0.5, 0.6) is 0 Å². The summed E-state index contributed by atoms with van der Waals surface area (Å²) in [6, 6.07) is 7.60. The van der Waals surface area contributed by atoms with E-state index in [9.17, 15) is 9.59 Å². The highest BCUT2D eigenvalue weighted by Crippen LogP contribution is 2.26. The van der Waals surface area contributed by atoms with Gasteiger partial charge in [0.25, 0.3) is 0 Å². The molecule has 1 unspecified atom stereocenters. The number of nitrogens with one attached hydrogen (secondary N) is 1. The summed E-state index contributed by atoms with van der Waals surface area (Å²) in [5, 5.41) is 2.60. The van der Waals surface area contributed by atoms with Crippen LogP contribution in [0.2, 0.25) is 0 Å². The van der Waals surface area contributed by atoms with Gasteiger partial charge in [0.2, 0.25) is 11.8 Å². The third-order valence-corrected chi connectivity index (χ3v) is 3.85. The maximum absolute atomic E-state index is 11.9. The second-order valence-corrected chi connectivity index (χ2v) is 5.14. The molecule has 1 aromatic carbocycles. The van der Waals surface area contributed by atoms with Crippen LogP contribution >= 0.6 is 12.6 Å². The van der Waals surface area contributed by atoms with Gasteiger partial charge in [0.1, 0.15) is 0 Å². The van der Waals surface area contributed by atoms with E-state index in [4.69, 9.17) is 0 Å². The van der Waals surface area contributed by atoms with Gasteiger partial charge in [0, 0.05) is 25.7 Å². The van der Waals surface area contributed by atoms with E-state index in [1.165, 1.54) is 0 Å². The van der Waals surface area contributed by atoms with Crippen molar-refractivity contribution in [1.29, 1.82) is 0 Å². The normalized spacial score (nSPS) is 18.7. The van der Waals surface area contributed by atoms with Crippen molar-refractivity contribution in [2.75, 3.05) is 24.2 Å². The summed E-state index contributed by atoms with van der Waals surface area (Å²) in [5.41, 5.74) is 1.79. The number of amides is 2. The van der Waals surface area contributed by atoms with Gasteiger partial charge >= 0.3 is 0 Å². The Balaban J connectivity index is 2.15. The zero-order valence-corrected chi connectivity index (χ0v) is 11.8. The van der Waals surface area contributed by atoms with Crippen molar-refractivity contribution in [2.24, 2.45) is 5.92 Å². The van der Waals surface area contributed by atoms with Crippen LogP contribution in [0.3, 0.4) is 0 Å². The molecule has 1 N–H and O–H groups in total. The average Bonchev–Trinajstić information content (AvgIpc) is 2.80. The molecule has 19 heavy (non-hydrogen) atoms. The highest BCUT2D eigenvalue weighted by molar-refractivity contribution is 7.80. The molecule has 2 amide bonds. The van der Waals surface area contributed by atoms with Gasteiger partial charge in [-0.2, -0.15) is 12.6 Å². The number of anilines is 1. The van der Waals surface area contributed by atoms with Gasteiger partial charge in [0.05, 0.1) is 6.42 Å². The maximum atomic E-state index is 11.9. The van der Waals surface area contributed by atoms with Crippen molar-refractivity contribution in [3.63, 3.8) is 0 Å². The van der Waals surface area contributed by atoms with Gasteiger partial charge in [-0.05, 0) is 29.4 Å². The molecule has 4 nitrogen and oxygen atoms in total. The molecule has 1 saturated heterocycles. The van der Waals surface area contributed by atoms with Crippen LogP contribution in [0.4, 0.5) is 5.69 Å². The van der Waals surface area contributed by atoms with Gasteiger partial charge in [-0.25, -0.2) is 0 Å². The number of thiol groups is 1. The van der Waals surface area contributed by atoms with Gasteiger partial charge in [-0.1, -0.05) is 12.1 Å². The maximum Gasteiger partial charge on any atom is 0.227 e. The number of hydrogen-bond donors (Lipinski definition) is 2. The lowest BCUT2D eigenvalue weighted by atomic mass is 10.1. The Morgan fingerprint density at radius 2 is 2.32 bits per heavy atom. The summed E-state index contributed by atoms with van der Waals surface area (Å²) < 4.78 is 0. The molecule has 0 saturated carbocycles.